The molecule has 26 heavy (non-hydrogen) atoms. The molecule has 0 saturated carbocycles. The Morgan fingerprint density at radius 3 is 2.42 bits per heavy atom. The van der Waals surface area contributed by atoms with Crippen LogP contribution in [0.25, 0.3) is 0 Å². The molecule has 6 nitrogen and oxygen atoms in total. The molecule has 0 aromatic carbocycles. The maximum atomic E-state index is 11.7. The number of fused-ring (bicyclic) bond motifs is 5. The van der Waals surface area contributed by atoms with Crippen molar-refractivity contribution >= 4 is 39.8 Å². The normalized spacial score (nSPS) is 38.9. The highest BCUT2D eigenvalue weighted by atomic mass is 127. The quantitative estimate of drug-likeness (QED) is 0.365. The Bertz CT molecular complexity index is 624. The van der Waals surface area contributed by atoms with Gasteiger partial charge in [0.05, 0.1) is 23.7 Å². The Kier molecular flexibility index (Phi) is 6.44. The molecule has 6 unspecified atom stereocenters. The number of rotatable bonds is 4. The van der Waals surface area contributed by atoms with Crippen LogP contribution in [-0.2, 0) is 14.6 Å². The van der Waals surface area contributed by atoms with Crippen molar-refractivity contribution in [3.05, 3.63) is 0 Å². The largest absolute Gasteiger partial charge is 0.374 e. The molecular weight excluding hydrogens is 465 g/mol. The first-order valence-corrected chi connectivity index (χ1v) is 11.7. The van der Waals surface area contributed by atoms with Crippen molar-refractivity contribution in [3.8, 4) is 0 Å². The molecule has 4 aliphatic heterocycles. The van der Waals surface area contributed by atoms with Gasteiger partial charge in [0.15, 0.2) is 15.8 Å². The fourth-order valence-electron chi connectivity index (χ4n) is 4.92. The minimum Gasteiger partial charge on any atom is -0.374 e. The third-order valence-corrected chi connectivity index (χ3v) is 8.40. The zero-order valence-corrected chi connectivity index (χ0v) is 18.9. The van der Waals surface area contributed by atoms with Crippen LogP contribution in [0.5, 0.6) is 0 Å². The number of ether oxygens (including phenoxy) is 1. The zero-order valence-electron chi connectivity index (χ0n) is 15.8. The van der Waals surface area contributed by atoms with Crippen LogP contribution in [0.3, 0.4) is 0 Å². The summed E-state index contributed by atoms with van der Waals surface area (Å²) in [6.45, 7) is 7.02. The summed E-state index contributed by atoms with van der Waals surface area (Å²) in [5, 5.41) is 3.58. The highest BCUT2D eigenvalue weighted by Crippen LogP contribution is 2.47. The van der Waals surface area contributed by atoms with E-state index in [1.807, 2.05) is 0 Å². The summed E-state index contributed by atoms with van der Waals surface area (Å²) in [5.41, 5.74) is 0. The van der Waals surface area contributed by atoms with Crippen LogP contribution in [-0.4, -0.2) is 68.7 Å². The molecule has 150 valence electrons. The van der Waals surface area contributed by atoms with E-state index < -0.39 is 9.84 Å². The summed E-state index contributed by atoms with van der Waals surface area (Å²) in [6, 6.07) is 0.375. The molecule has 0 aromatic rings. The number of aliphatic imine (C=N–C) groups is 1. The van der Waals surface area contributed by atoms with Gasteiger partial charge >= 0.3 is 0 Å². The van der Waals surface area contributed by atoms with E-state index in [0.29, 0.717) is 48.1 Å². The molecule has 4 saturated heterocycles. The predicted molar refractivity (Wildman–Crippen MR) is 114 cm³/mol. The van der Waals surface area contributed by atoms with E-state index in [4.69, 9.17) is 9.73 Å². The van der Waals surface area contributed by atoms with Gasteiger partial charge in [-0.25, -0.2) is 8.42 Å². The summed E-state index contributed by atoms with van der Waals surface area (Å²) >= 11 is 0. The minimum absolute atomic E-state index is 0. The molecule has 6 atom stereocenters. The van der Waals surface area contributed by atoms with Crippen LogP contribution in [0, 0.1) is 17.8 Å². The van der Waals surface area contributed by atoms with Gasteiger partial charge < -0.3 is 15.0 Å². The van der Waals surface area contributed by atoms with Crippen molar-refractivity contribution in [2.24, 2.45) is 22.7 Å². The SMILES string of the molecule is CCC(C)NC(=NCC1CCS(=O)(=O)C1)N1CC2C3CCC(O3)C2C1.I. The maximum absolute atomic E-state index is 11.7. The lowest BCUT2D eigenvalue weighted by Gasteiger charge is -2.26. The number of hydrogen-bond donors (Lipinski definition) is 1. The number of nitrogens with one attached hydrogen (secondary N) is 1. The van der Waals surface area contributed by atoms with Crippen molar-refractivity contribution in [3.63, 3.8) is 0 Å². The number of nitrogens with zero attached hydrogens (tertiary/aromatic N) is 2. The van der Waals surface area contributed by atoms with Gasteiger partial charge in [-0.05, 0) is 38.5 Å². The van der Waals surface area contributed by atoms with Crippen LogP contribution < -0.4 is 5.32 Å². The Hall–Kier alpha value is -0.0900. The van der Waals surface area contributed by atoms with E-state index >= 15 is 0 Å². The molecule has 4 heterocycles. The second-order valence-electron chi connectivity index (χ2n) is 8.41. The van der Waals surface area contributed by atoms with Gasteiger partial charge in [0.25, 0.3) is 0 Å². The summed E-state index contributed by atoms with van der Waals surface area (Å²) in [5.74, 6) is 3.09. The van der Waals surface area contributed by atoms with Gasteiger partial charge in [-0.3, -0.25) is 4.99 Å². The number of likely N-dealkylation sites (tertiary alicyclic amines) is 1. The van der Waals surface area contributed by atoms with Crippen molar-refractivity contribution < 1.29 is 13.2 Å². The predicted octanol–water partition coefficient (Wildman–Crippen LogP) is 1.89. The molecule has 0 aliphatic carbocycles. The Labute approximate surface area is 174 Å². The molecule has 4 rings (SSSR count). The van der Waals surface area contributed by atoms with Crippen LogP contribution >= 0.6 is 24.0 Å². The summed E-state index contributed by atoms with van der Waals surface area (Å²) in [7, 11) is -2.83. The van der Waals surface area contributed by atoms with Crippen LogP contribution in [0.15, 0.2) is 4.99 Å². The zero-order chi connectivity index (χ0) is 17.6. The van der Waals surface area contributed by atoms with Gasteiger partial charge in [-0.1, -0.05) is 6.92 Å². The fraction of sp³-hybridized carbons (Fsp3) is 0.944. The molecule has 2 bridgehead atoms. The maximum Gasteiger partial charge on any atom is 0.194 e. The van der Waals surface area contributed by atoms with Gasteiger partial charge in [0, 0.05) is 37.5 Å². The van der Waals surface area contributed by atoms with E-state index in [1.165, 1.54) is 12.8 Å². The first-order chi connectivity index (χ1) is 11.9. The van der Waals surface area contributed by atoms with E-state index in [9.17, 15) is 8.42 Å². The van der Waals surface area contributed by atoms with Crippen molar-refractivity contribution in [2.45, 2.75) is 57.8 Å². The van der Waals surface area contributed by atoms with Crippen molar-refractivity contribution in [1.82, 2.24) is 10.2 Å². The van der Waals surface area contributed by atoms with E-state index in [1.54, 1.807) is 0 Å². The van der Waals surface area contributed by atoms with E-state index in [-0.39, 0.29) is 29.9 Å². The van der Waals surface area contributed by atoms with Gasteiger partial charge in [-0.15, -0.1) is 24.0 Å². The number of hydrogen-bond acceptors (Lipinski definition) is 4. The molecule has 0 spiro atoms. The highest BCUT2D eigenvalue weighted by molar-refractivity contribution is 14.0. The third kappa shape index (κ3) is 4.16. The molecular formula is C18H32IN3O3S. The molecule has 8 heteroatoms. The lowest BCUT2D eigenvalue weighted by molar-refractivity contribution is 0.0766. The molecule has 0 amide bonds. The Morgan fingerprint density at radius 1 is 1.23 bits per heavy atom. The minimum atomic E-state index is -2.83. The standard InChI is InChI=1S/C18H31N3O3S.HI/c1-3-12(2)20-18(19-8-13-6-7-25(22,23)11-13)21-9-14-15(10-21)17-5-4-16(14)24-17;/h12-17H,3-11H2,1-2H3,(H,19,20);1H. The van der Waals surface area contributed by atoms with Gasteiger partial charge in [0.1, 0.15) is 0 Å². The topological polar surface area (TPSA) is 71.0 Å². The van der Waals surface area contributed by atoms with E-state index in [2.05, 4.69) is 24.1 Å². The number of halogens is 1. The highest BCUT2D eigenvalue weighted by Gasteiger charge is 2.53. The van der Waals surface area contributed by atoms with Gasteiger partial charge in [-0.2, -0.15) is 0 Å². The van der Waals surface area contributed by atoms with E-state index in [0.717, 1.165) is 31.9 Å². The molecule has 1 N–H and O–H groups in total. The summed E-state index contributed by atoms with van der Waals surface area (Å²) < 4.78 is 29.5. The Morgan fingerprint density at radius 2 is 1.88 bits per heavy atom. The monoisotopic (exact) mass is 497 g/mol. The van der Waals surface area contributed by atoms with Crippen molar-refractivity contribution in [1.29, 1.82) is 0 Å². The number of sulfone groups is 1. The lowest BCUT2D eigenvalue weighted by atomic mass is 9.82. The molecule has 4 aliphatic rings. The first-order valence-electron chi connectivity index (χ1n) is 9.87. The fourth-order valence-corrected chi connectivity index (χ4v) is 6.77. The van der Waals surface area contributed by atoms with Gasteiger partial charge in [0.2, 0.25) is 0 Å². The van der Waals surface area contributed by atoms with Crippen LogP contribution in [0.1, 0.15) is 39.5 Å². The van der Waals surface area contributed by atoms with Crippen LogP contribution in [0.2, 0.25) is 0 Å². The van der Waals surface area contributed by atoms with Crippen LogP contribution in [0.4, 0.5) is 0 Å². The average molecular weight is 497 g/mol. The molecule has 0 radical (unpaired) electrons. The second-order valence-corrected chi connectivity index (χ2v) is 10.6. The average Bonchev–Trinajstić information content (AvgIpc) is 3.31. The summed E-state index contributed by atoms with van der Waals surface area (Å²) in [4.78, 5) is 7.27. The Balaban J connectivity index is 0.00000196. The lowest BCUT2D eigenvalue weighted by Crippen LogP contribution is -2.45. The second kappa shape index (κ2) is 8.11. The first kappa shape index (κ1) is 20.6. The smallest absolute Gasteiger partial charge is 0.194 e. The molecule has 4 fully saturated rings. The van der Waals surface area contributed by atoms with Crippen molar-refractivity contribution in [2.75, 3.05) is 31.1 Å². The third-order valence-electron chi connectivity index (χ3n) is 6.57. The molecule has 0 aromatic heterocycles. The number of guanidine groups is 1. The summed E-state index contributed by atoms with van der Waals surface area (Å²) in [6.07, 6.45) is 5.13.